The summed E-state index contributed by atoms with van der Waals surface area (Å²) >= 11 is 0. The molecule has 0 bridgehead atoms. The van der Waals surface area contributed by atoms with E-state index in [4.69, 9.17) is 19.9 Å². The average Bonchev–Trinajstić information content (AvgIpc) is 2.37. The zero-order chi connectivity index (χ0) is 14.3. The summed E-state index contributed by atoms with van der Waals surface area (Å²) in [5, 5.41) is 0. The zero-order valence-corrected chi connectivity index (χ0v) is 11.6. The summed E-state index contributed by atoms with van der Waals surface area (Å²) in [4.78, 5) is 11.8. The lowest BCUT2D eigenvalue weighted by atomic mass is 10.2. The van der Waals surface area contributed by atoms with Gasteiger partial charge in [0.15, 0.2) is 0 Å². The Balaban J connectivity index is 2.41. The van der Waals surface area contributed by atoms with Crippen LogP contribution in [0.4, 0.5) is 5.69 Å². The Hall–Kier alpha value is -1.75. The van der Waals surface area contributed by atoms with E-state index in [0.29, 0.717) is 36.1 Å². The topological polar surface area (TPSA) is 70.8 Å². The fourth-order valence-electron chi connectivity index (χ4n) is 1.44. The number of nitrogen functional groups attached to an aromatic ring is 1. The maximum Gasteiger partial charge on any atom is 0.340 e. The highest BCUT2D eigenvalue weighted by Gasteiger charge is 2.11. The van der Waals surface area contributed by atoms with Crippen molar-refractivity contribution in [3.8, 4) is 5.75 Å². The number of rotatable bonds is 7. The van der Waals surface area contributed by atoms with Gasteiger partial charge < -0.3 is 19.9 Å². The Morgan fingerprint density at radius 3 is 2.63 bits per heavy atom. The average molecular weight is 267 g/mol. The van der Waals surface area contributed by atoms with Gasteiger partial charge in [0.25, 0.3) is 0 Å². The van der Waals surface area contributed by atoms with Crippen LogP contribution < -0.4 is 10.5 Å². The molecule has 5 heteroatoms. The van der Waals surface area contributed by atoms with Crippen LogP contribution in [0.15, 0.2) is 18.2 Å². The van der Waals surface area contributed by atoms with Crippen molar-refractivity contribution in [2.45, 2.75) is 13.8 Å². The Morgan fingerprint density at radius 2 is 2.05 bits per heavy atom. The third kappa shape index (κ3) is 5.18. The van der Waals surface area contributed by atoms with Crippen LogP contribution in [-0.4, -0.2) is 32.9 Å². The molecule has 0 atom stereocenters. The SMILES string of the molecule is COc1ccc(C(=O)OCCOCC(C)C)c(N)c1. The minimum atomic E-state index is -0.451. The molecule has 0 amide bonds. The van der Waals surface area contributed by atoms with Crippen molar-refractivity contribution in [1.82, 2.24) is 0 Å². The Bertz CT molecular complexity index is 418. The van der Waals surface area contributed by atoms with Gasteiger partial charge in [-0.25, -0.2) is 4.79 Å². The molecule has 0 heterocycles. The number of carbonyl (C=O) groups is 1. The van der Waals surface area contributed by atoms with E-state index in [0.717, 1.165) is 0 Å². The lowest BCUT2D eigenvalue weighted by Crippen LogP contribution is -2.14. The predicted octanol–water partition coefficient (Wildman–Crippen LogP) is 2.11. The van der Waals surface area contributed by atoms with Gasteiger partial charge in [0.05, 0.1) is 19.3 Å². The molecule has 2 N–H and O–H groups in total. The van der Waals surface area contributed by atoms with Gasteiger partial charge in [0, 0.05) is 18.4 Å². The highest BCUT2D eigenvalue weighted by molar-refractivity contribution is 5.95. The third-order valence-corrected chi connectivity index (χ3v) is 2.39. The summed E-state index contributed by atoms with van der Waals surface area (Å²) in [6.07, 6.45) is 0. The van der Waals surface area contributed by atoms with E-state index >= 15 is 0 Å². The first-order chi connectivity index (χ1) is 9.04. The molecular formula is C14H21NO4. The molecule has 0 aliphatic heterocycles. The number of esters is 1. The molecule has 1 aromatic carbocycles. The van der Waals surface area contributed by atoms with Crippen LogP contribution in [-0.2, 0) is 9.47 Å². The van der Waals surface area contributed by atoms with Crippen molar-refractivity contribution in [3.05, 3.63) is 23.8 Å². The minimum Gasteiger partial charge on any atom is -0.497 e. The monoisotopic (exact) mass is 267 g/mol. The Morgan fingerprint density at radius 1 is 1.32 bits per heavy atom. The van der Waals surface area contributed by atoms with E-state index in [1.807, 2.05) is 0 Å². The number of ether oxygens (including phenoxy) is 3. The van der Waals surface area contributed by atoms with Crippen LogP contribution >= 0.6 is 0 Å². The summed E-state index contributed by atoms with van der Waals surface area (Å²) < 4.78 is 15.4. The van der Waals surface area contributed by atoms with Crippen molar-refractivity contribution in [3.63, 3.8) is 0 Å². The number of carbonyl (C=O) groups excluding carboxylic acids is 1. The first-order valence-electron chi connectivity index (χ1n) is 6.23. The van der Waals surface area contributed by atoms with E-state index < -0.39 is 5.97 Å². The van der Waals surface area contributed by atoms with Crippen LogP contribution in [0.5, 0.6) is 5.75 Å². The summed E-state index contributed by atoms with van der Waals surface area (Å²) in [6, 6.07) is 4.85. The molecule has 19 heavy (non-hydrogen) atoms. The summed E-state index contributed by atoms with van der Waals surface area (Å²) in [5.74, 6) is 0.621. The van der Waals surface area contributed by atoms with Gasteiger partial charge in [-0.15, -0.1) is 0 Å². The molecule has 0 unspecified atom stereocenters. The Kier molecular flexibility index (Phi) is 6.15. The Labute approximate surface area is 113 Å². The number of anilines is 1. The predicted molar refractivity (Wildman–Crippen MR) is 73.3 cm³/mol. The lowest BCUT2D eigenvalue weighted by Gasteiger charge is -2.09. The second-order valence-corrected chi connectivity index (χ2v) is 4.56. The van der Waals surface area contributed by atoms with Crippen molar-refractivity contribution >= 4 is 11.7 Å². The van der Waals surface area contributed by atoms with Crippen molar-refractivity contribution in [2.75, 3.05) is 32.7 Å². The zero-order valence-electron chi connectivity index (χ0n) is 11.6. The molecule has 0 spiro atoms. The third-order valence-electron chi connectivity index (χ3n) is 2.39. The number of hydrogen-bond acceptors (Lipinski definition) is 5. The molecule has 1 rings (SSSR count). The van der Waals surface area contributed by atoms with E-state index in [2.05, 4.69) is 13.8 Å². The van der Waals surface area contributed by atoms with E-state index in [-0.39, 0.29) is 6.61 Å². The molecule has 0 aliphatic carbocycles. The number of hydrogen-bond donors (Lipinski definition) is 1. The molecule has 0 radical (unpaired) electrons. The minimum absolute atomic E-state index is 0.219. The van der Waals surface area contributed by atoms with Crippen LogP contribution in [0, 0.1) is 5.92 Å². The normalized spacial score (nSPS) is 10.5. The highest BCUT2D eigenvalue weighted by Crippen LogP contribution is 2.20. The van der Waals surface area contributed by atoms with Gasteiger partial charge >= 0.3 is 5.97 Å². The number of benzene rings is 1. The summed E-state index contributed by atoms with van der Waals surface area (Å²) in [7, 11) is 1.54. The second kappa shape index (κ2) is 7.63. The standard InChI is InChI=1S/C14H21NO4/c1-10(2)9-18-6-7-19-14(16)12-5-4-11(17-3)8-13(12)15/h4-5,8,10H,6-7,9,15H2,1-3H3. The van der Waals surface area contributed by atoms with Gasteiger partial charge in [-0.2, -0.15) is 0 Å². The summed E-state index contributed by atoms with van der Waals surface area (Å²) in [6.45, 7) is 5.38. The first kappa shape index (κ1) is 15.3. The van der Waals surface area contributed by atoms with E-state index in [9.17, 15) is 4.79 Å². The molecule has 5 nitrogen and oxygen atoms in total. The maximum atomic E-state index is 11.8. The first-order valence-corrected chi connectivity index (χ1v) is 6.23. The van der Waals surface area contributed by atoms with Gasteiger partial charge in [-0.1, -0.05) is 13.8 Å². The second-order valence-electron chi connectivity index (χ2n) is 4.56. The van der Waals surface area contributed by atoms with Gasteiger partial charge in [-0.3, -0.25) is 0 Å². The lowest BCUT2D eigenvalue weighted by molar-refractivity contribution is 0.0278. The van der Waals surface area contributed by atoms with Gasteiger partial charge in [-0.05, 0) is 18.1 Å². The smallest absolute Gasteiger partial charge is 0.340 e. The molecule has 0 aromatic heterocycles. The fraction of sp³-hybridized carbons (Fsp3) is 0.500. The van der Waals surface area contributed by atoms with E-state index in [1.54, 1.807) is 25.3 Å². The largest absolute Gasteiger partial charge is 0.497 e. The number of methoxy groups -OCH3 is 1. The molecule has 0 aliphatic rings. The molecule has 0 saturated carbocycles. The van der Waals surface area contributed by atoms with Crippen LogP contribution in [0.1, 0.15) is 24.2 Å². The molecular weight excluding hydrogens is 246 g/mol. The molecule has 106 valence electrons. The van der Waals surface area contributed by atoms with Crippen molar-refractivity contribution in [1.29, 1.82) is 0 Å². The molecule has 1 aromatic rings. The fourth-order valence-corrected chi connectivity index (χ4v) is 1.44. The quantitative estimate of drug-likeness (QED) is 0.465. The van der Waals surface area contributed by atoms with Crippen molar-refractivity contribution < 1.29 is 19.0 Å². The van der Waals surface area contributed by atoms with Crippen LogP contribution in [0.25, 0.3) is 0 Å². The van der Waals surface area contributed by atoms with Crippen molar-refractivity contribution in [2.24, 2.45) is 5.92 Å². The van der Waals surface area contributed by atoms with Crippen LogP contribution in [0.3, 0.4) is 0 Å². The molecule has 0 fully saturated rings. The molecule has 0 saturated heterocycles. The summed E-state index contributed by atoms with van der Waals surface area (Å²) in [5.41, 5.74) is 6.43. The number of nitrogens with two attached hydrogens (primary N) is 1. The van der Waals surface area contributed by atoms with Crippen LogP contribution in [0.2, 0.25) is 0 Å². The maximum absolute atomic E-state index is 11.8. The van der Waals surface area contributed by atoms with Gasteiger partial charge in [0.1, 0.15) is 12.4 Å². The highest BCUT2D eigenvalue weighted by atomic mass is 16.6. The van der Waals surface area contributed by atoms with E-state index in [1.165, 1.54) is 0 Å². The van der Waals surface area contributed by atoms with Gasteiger partial charge in [0.2, 0.25) is 0 Å².